The van der Waals surface area contributed by atoms with Crippen LogP contribution >= 0.6 is 0 Å². The Kier molecular flexibility index (Phi) is 7.74. The summed E-state index contributed by atoms with van der Waals surface area (Å²) in [5, 5.41) is 15.1. The van der Waals surface area contributed by atoms with Crippen molar-refractivity contribution in [1.82, 2.24) is 10.6 Å². The fourth-order valence-corrected chi connectivity index (χ4v) is 1.32. The predicted octanol–water partition coefficient (Wildman–Crippen LogP) is -4.39. The van der Waals surface area contributed by atoms with Crippen molar-refractivity contribution < 1.29 is 49.0 Å². The Morgan fingerprint density at radius 1 is 1.56 bits per heavy atom. The van der Waals surface area contributed by atoms with Crippen LogP contribution in [0.25, 0.3) is 0 Å². The molecule has 0 bridgehead atoms. The van der Waals surface area contributed by atoms with Crippen LogP contribution in [0.3, 0.4) is 0 Å². The Hall–Kier alpha value is -0.300. The number of aliphatic carboxylic acids is 1. The molecule has 2 amide bonds. The smallest absolute Gasteiger partial charge is 0.548 e. The van der Waals surface area contributed by atoms with Crippen molar-refractivity contribution in [3.8, 4) is 0 Å². The molecule has 2 N–H and O–H groups in total. The van der Waals surface area contributed by atoms with Crippen molar-refractivity contribution in [3.05, 3.63) is 0 Å². The van der Waals surface area contributed by atoms with Crippen LogP contribution in [0.5, 0.6) is 0 Å². The first-order chi connectivity index (χ1) is 7.09. The summed E-state index contributed by atoms with van der Waals surface area (Å²) >= 11 is 0. The summed E-state index contributed by atoms with van der Waals surface area (Å²) in [5.41, 5.74) is 0. The summed E-state index contributed by atoms with van der Waals surface area (Å²) < 4.78 is 5.28. The van der Waals surface area contributed by atoms with Gasteiger partial charge in [-0.1, -0.05) is 0 Å². The van der Waals surface area contributed by atoms with Crippen LogP contribution in [0.15, 0.2) is 0 Å². The zero-order chi connectivity index (χ0) is 11.3. The molecule has 1 saturated heterocycles. The average Bonchev–Trinajstić information content (AvgIpc) is 2.66. The molecule has 0 aromatic carbocycles. The number of hydrogen-bond donors (Lipinski definition) is 2. The number of carbonyl (C=O) groups is 2. The molecule has 7 heteroatoms. The Balaban J connectivity index is 0.00000225. The maximum Gasteiger partial charge on any atom is 1.00 e. The van der Waals surface area contributed by atoms with E-state index in [0.29, 0.717) is 6.54 Å². The van der Waals surface area contributed by atoms with Crippen LogP contribution in [0, 0.1) is 0 Å². The van der Waals surface area contributed by atoms with Gasteiger partial charge in [0.2, 0.25) is 0 Å². The van der Waals surface area contributed by atoms with E-state index in [1.807, 2.05) is 0 Å². The number of amides is 2. The summed E-state index contributed by atoms with van der Waals surface area (Å²) in [4.78, 5) is 21.5. The Bertz CT molecular complexity index is 244. The molecular weight excluding hydrogens is 223 g/mol. The molecule has 1 heterocycles. The molecule has 1 aliphatic rings. The van der Waals surface area contributed by atoms with E-state index in [0.717, 1.165) is 19.4 Å². The Labute approximate surface area is 116 Å². The van der Waals surface area contributed by atoms with Crippen molar-refractivity contribution in [2.45, 2.75) is 31.9 Å². The molecule has 0 aliphatic carbocycles. The monoisotopic (exact) mass is 238 g/mol. The van der Waals surface area contributed by atoms with Gasteiger partial charge in [-0.25, -0.2) is 4.79 Å². The molecule has 0 saturated carbocycles. The van der Waals surface area contributed by atoms with E-state index < -0.39 is 18.0 Å². The summed E-state index contributed by atoms with van der Waals surface area (Å²) in [6.45, 7) is 2.48. The minimum Gasteiger partial charge on any atom is -0.548 e. The zero-order valence-corrected chi connectivity index (χ0v) is 11.6. The van der Waals surface area contributed by atoms with Gasteiger partial charge in [-0.2, -0.15) is 0 Å². The minimum atomic E-state index is -1.30. The first-order valence-electron chi connectivity index (χ1n) is 4.96. The predicted molar refractivity (Wildman–Crippen MR) is 50.0 cm³/mol. The molecule has 1 rings (SSSR count). The second-order valence-corrected chi connectivity index (χ2v) is 3.53. The molecule has 16 heavy (non-hydrogen) atoms. The number of urea groups is 1. The molecule has 0 aromatic rings. The fraction of sp³-hybridized carbons (Fsp3) is 0.778. The summed E-state index contributed by atoms with van der Waals surface area (Å²) in [5.74, 6) is -1.30. The van der Waals surface area contributed by atoms with Gasteiger partial charge in [-0.15, -0.1) is 0 Å². The van der Waals surface area contributed by atoms with Crippen LogP contribution in [0.2, 0.25) is 0 Å². The molecule has 1 aliphatic heterocycles. The molecular formula is C9H15N2NaO4. The summed E-state index contributed by atoms with van der Waals surface area (Å²) in [6, 6.07) is -1.50. The Morgan fingerprint density at radius 3 is 2.75 bits per heavy atom. The van der Waals surface area contributed by atoms with Gasteiger partial charge in [0.1, 0.15) is 0 Å². The van der Waals surface area contributed by atoms with Crippen LogP contribution < -0.4 is 45.3 Å². The minimum absolute atomic E-state index is 0. The quantitative estimate of drug-likeness (QED) is 0.484. The van der Waals surface area contributed by atoms with Gasteiger partial charge >= 0.3 is 35.6 Å². The van der Waals surface area contributed by atoms with Crippen molar-refractivity contribution in [3.63, 3.8) is 0 Å². The third-order valence-electron chi connectivity index (χ3n) is 2.22. The van der Waals surface area contributed by atoms with Gasteiger partial charge in [0.25, 0.3) is 0 Å². The van der Waals surface area contributed by atoms with E-state index in [9.17, 15) is 14.7 Å². The number of carboxylic acid groups (broad SMARTS) is 1. The third-order valence-corrected chi connectivity index (χ3v) is 2.22. The van der Waals surface area contributed by atoms with E-state index in [2.05, 4.69) is 10.6 Å². The van der Waals surface area contributed by atoms with Gasteiger partial charge < -0.3 is 25.3 Å². The molecule has 0 radical (unpaired) electrons. The van der Waals surface area contributed by atoms with Crippen LogP contribution in [-0.4, -0.2) is 37.3 Å². The SMILES string of the molecule is C[C@H](NC(=O)NCC1CCCO1)C(=O)[O-].[Na+]. The van der Waals surface area contributed by atoms with Gasteiger partial charge in [0, 0.05) is 13.2 Å². The normalized spacial score (nSPS) is 20.7. The van der Waals surface area contributed by atoms with Gasteiger partial charge in [0.05, 0.1) is 18.1 Å². The number of nitrogens with one attached hydrogen (secondary N) is 2. The topological polar surface area (TPSA) is 90.5 Å². The van der Waals surface area contributed by atoms with Crippen molar-refractivity contribution in [1.29, 1.82) is 0 Å². The molecule has 1 unspecified atom stereocenters. The van der Waals surface area contributed by atoms with E-state index >= 15 is 0 Å². The third kappa shape index (κ3) is 5.69. The Morgan fingerprint density at radius 2 is 2.25 bits per heavy atom. The van der Waals surface area contributed by atoms with E-state index in [1.54, 1.807) is 0 Å². The van der Waals surface area contributed by atoms with Crippen molar-refractivity contribution in [2.75, 3.05) is 13.2 Å². The number of ether oxygens (including phenoxy) is 1. The molecule has 6 nitrogen and oxygen atoms in total. The molecule has 86 valence electrons. The number of carbonyl (C=O) groups excluding carboxylic acids is 2. The van der Waals surface area contributed by atoms with E-state index in [-0.39, 0.29) is 35.7 Å². The molecule has 1 fully saturated rings. The second kappa shape index (κ2) is 7.89. The van der Waals surface area contributed by atoms with Gasteiger partial charge in [-0.05, 0) is 19.8 Å². The first-order valence-corrected chi connectivity index (χ1v) is 4.96. The zero-order valence-electron chi connectivity index (χ0n) is 9.62. The van der Waals surface area contributed by atoms with E-state index in [4.69, 9.17) is 4.74 Å². The largest absolute Gasteiger partial charge is 1.00 e. The maximum atomic E-state index is 11.1. The number of hydrogen-bond acceptors (Lipinski definition) is 4. The molecule has 0 aromatic heterocycles. The van der Waals surface area contributed by atoms with E-state index in [1.165, 1.54) is 6.92 Å². The number of carboxylic acids is 1. The second-order valence-electron chi connectivity index (χ2n) is 3.53. The molecule has 2 atom stereocenters. The standard InChI is InChI=1S/C9H16N2O4.Na/c1-6(8(12)13)11-9(14)10-5-7-3-2-4-15-7;/h6-7H,2-5H2,1H3,(H,12,13)(H2,10,11,14);/q;+1/p-1/t6-,7?;/m0./s1. The van der Waals surface area contributed by atoms with Crippen LogP contribution in [-0.2, 0) is 9.53 Å². The van der Waals surface area contributed by atoms with Crippen molar-refractivity contribution in [2.24, 2.45) is 0 Å². The summed E-state index contributed by atoms with van der Waals surface area (Å²) in [7, 11) is 0. The molecule has 0 spiro atoms. The van der Waals surface area contributed by atoms with Crippen LogP contribution in [0.1, 0.15) is 19.8 Å². The first kappa shape index (κ1) is 15.7. The maximum absolute atomic E-state index is 11.1. The van der Waals surface area contributed by atoms with Crippen LogP contribution in [0.4, 0.5) is 4.79 Å². The van der Waals surface area contributed by atoms with Gasteiger partial charge in [0.15, 0.2) is 0 Å². The summed E-state index contributed by atoms with van der Waals surface area (Å²) in [6.07, 6.45) is 1.98. The van der Waals surface area contributed by atoms with Crippen molar-refractivity contribution >= 4 is 12.0 Å². The average molecular weight is 238 g/mol. The number of rotatable bonds is 4. The van der Waals surface area contributed by atoms with Gasteiger partial charge in [-0.3, -0.25) is 0 Å². The fourth-order valence-electron chi connectivity index (χ4n) is 1.32.